The second kappa shape index (κ2) is 9.26. The van der Waals surface area contributed by atoms with Crippen molar-refractivity contribution >= 4 is 0 Å². The van der Waals surface area contributed by atoms with Crippen molar-refractivity contribution < 1.29 is 18.3 Å². The molecule has 0 aliphatic rings. The van der Waals surface area contributed by atoms with E-state index < -0.39 is 13.0 Å². The molecule has 0 aromatic carbocycles. The molecule has 0 saturated heterocycles. The topological polar surface area (TPSA) is 56.5 Å². The third-order valence-electron chi connectivity index (χ3n) is 1.61. The van der Waals surface area contributed by atoms with Crippen molar-refractivity contribution in [3.05, 3.63) is 0 Å². The predicted octanol–water partition coefficient (Wildman–Crippen LogP) is 0.527. The highest BCUT2D eigenvalue weighted by Gasteiger charge is 2.07. The van der Waals surface area contributed by atoms with Crippen molar-refractivity contribution in [2.24, 2.45) is 5.84 Å². The predicted molar refractivity (Wildman–Crippen MR) is 49.0 cm³/mol. The molecule has 0 aromatic rings. The molecular weight excluding hydrogens is 194 g/mol. The maximum atomic E-state index is 11.7. The summed E-state index contributed by atoms with van der Waals surface area (Å²) < 4.78 is 33.1. The molecule has 14 heavy (non-hydrogen) atoms. The third kappa shape index (κ3) is 8.31. The van der Waals surface area contributed by atoms with Crippen LogP contribution in [0.1, 0.15) is 13.3 Å². The second-order valence-corrected chi connectivity index (χ2v) is 2.78. The number of nitrogens with one attached hydrogen (secondary N) is 1. The largest absolute Gasteiger partial charge is 0.380 e. The van der Waals surface area contributed by atoms with Crippen LogP contribution in [0.5, 0.6) is 0 Å². The number of rotatable bonds is 9. The summed E-state index contributed by atoms with van der Waals surface area (Å²) in [5.74, 6) is 5.22. The molecular formula is C8H18F2N2O2. The maximum absolute atomic E-state index is 11.7. The highest BCUT2D eigenvalue weighted by atomic mass is 19.3. The van der Waals surface area contributed by atoms with E-state index >= 15 is 0 Å². The Labute approximate surface area is 82.7 Å². The monoisotopic (exact) mass is 212 g/mol. The summed E-state index contributed by atoms with van der Waals surface area (Å²) in [5.41, 5.74) is 2.53. The minimum absolute atomic E-state index is 0.0485. The Balaban J connectivity index is 3.33. The molecule has 0 saturated carbocycles. The summed E-state index contributed by atoms with van der Waals surface area (Å²) in [6, 6.07) is -0.0485. The van der Waals surface area contributed by atoms with Gasteiger partial charge in [0.2, 0.25) is 0 Å². The van der Waals surface area contributed by atoms with Crippen molar-refractivity contribution in [2.45, 2.75) is 25.8 Å². The number of hydrogen-bond donors (Lipinski definition) is 2. The van der Waals surface area contributed by atoms with Crippen LogP contribution in [0.25, 0.3) is 0 Å². The summed E-state index contributed by atoms with van der Waals surface area (Å²) in [6.07, 6.45) is -1.85. The van der Waals surface area contributed by atoms with Crippen molar-refractivity contribution in [1.82, 2.24) is 5.43 Å². The first-order chi connectivity index (χ1) is 6.70. The van der Waals surface area contributed by atoms with E-state index in [1.54, 1.807) is 0 Å². The maximum Gasteiger partial charge on any atom is 0.261 e. The van der Waals surface area contributed by atoms with E-state index in [0.717, 1.165) is 0 Å². The zero-order valence-corrected chi connectivity index (χ0v) is 8.34. The Hall–Kier alpha value is -0.300. The molecule has 86 valence electrons. The Kier molecular flexibility index (Phi) is 9.06. The van der Waals surface area contributed by atoms with E-state index in [2.05, 4.69) is 5.43 Å². The summed E-state index contributed by atoms with van der Waals surface area (Å²) in [6.45, 7) is 2.68. The first-order valence-corrected chi connectivity index (χ1v) is 4.60. The fourth-order valence-electron chi connectivity index (χ4n) is 0.873. The molecule has 0 rings (SSSR count). The van der Waals surface area contributed by atoms with Crippen LogP contribution in [0.3, 0.4) is 0 Å². The molecule has 0 amide bonds. The minimum Gasteiger partial charge on any atom is -0.380 e. The Morgan fingerprint density at radius 1 is 1.29 bits per heavy atom. The van der Waals surface area contributed by atoms with Crippen molar-refractivity contribution in [2.75, 3.05) is 26.4 Å². The van der Waals surface area contributed by atoms with E-state index in [4.69, 9.17) is 15.3 Å². The zero-order valence-electron chi connectivity index (χ0n) is 8.34. The second-order valence-electron chi connectivity index (χ2n) is 2.78. The van der Waals surface area contributed by atoms with Gasteiger partial charge in [-0.2, -0.15) is 0 Å². The van der Waals surface area contributed by atoms with Gasteiger partial charge in [-0.1, -0.05) is 0 Å². The number of hydrogen-bond acceptors (Lipinski definition) is 4. The van der Waals surface area contributed by atoms with Gasteiger partial charge in [0.1, 0.15) is 6.61 Å². The molecule has 0 radical (unpaired) electrons. The zero-order chi connectivity index (χ0) is 10.8. The van der Waals surface area contributed by atoms with E-state index in [0.29, 0.717) is 19.6 Å². The van der Waals surface area contributed by atoms with Gasteiger partial charge in [0.05, 0.1) is 6.61 Å². The first kappa shape index (κ1) is 13.7. The lowest BCUT2D eigenvalue weighted by atomic mass is 10.2. The molecule has 0 aliphatic carbocycles. The van der Waals surface area contributed by atoms with Crippen LogP contribution in [0.4, 0.5) is 8.78 Å². The van der Waals surface area contributed by atoms with Crippen LogP contribution in [0.2, 0.25) is 0 Å². The van der Waals surface area contributed by atoms with Crippen LogP contribution in [-0.2, 0) is 9.47 Å². The quantitative estimate of drug-likeness (QED) is 0.332. The van der Waals surface area contributed by atoms with Gasteiger partial charge >= 0.3 is 0 Å². The Morgan fingerprint density at radius 2 is 2.00 bits per heavy atom. The lowest BCUT2D eigenvalue weighted by molar-refractivity contribution is 0.0108. The number of halogens is 2. The van der Waals surface area contributed by atoms with Gasteiger partial charge in [-0.3, -0.25) is 11.3 Å². The van der Waals surface area contributed by atoms with Gasteiger partial charge in [0.15, 0.2) is 0 Å². The number of alkyl halides is 2. The van der Waals surface area contributed by atoms with Crippen LogP contribution in [0.15, 0.2) is 0 Å². The standard InChI is InChI=1S/C8H18F2N2O2/c1-2-13-5-7(12-11)3-4-14-6-8(9)10/h7-8,12H,2-6,11H2,1H3. The van der Waals surface area contributed by atoms with E-state index in [1.165, 1.54) is 0 Å². The fourth-order valence-corrected chi connectivity index (χ4v) is 0.873. The Bertz CT molecular complexity index is 128. The molecule has 0 aliphatic heterocycles. The average Bonchev–Trinajstić information content (AvgIpc) is 2.16. The minimum atomic E-state index is -2.41. The molecule has 4 nitrogen and oxygen atoms in total. The smallest absolute Gasteiger partial charge is 0.261 e. The van der Waals surface area contributed by atoms with Crippen molar-refractivity contribution in [3.8, 4) is 0 Å². The van der Waals surface area contributed by atoms with Crippen LogP contribution in [0, 0.1) is 0 Å². The summed E-state index contributed by atoms with van der Waals surface area (Å²) in [7, 11) is 0. The van der Waals surface area contributed by atoms with Crippen LogP contribution >= 0.6 is 0 Å². The molecule has 0 aromatic heterocycles. The number of ether oxygens (including phenoxy) is 2. The molecule has 6 heteroatoms. The van der Waals surface area contributed by atoms with Gasteiger partial charge < -0.3 is 9.47 Å². The van der Waals surface area contributed by atoms with E-state index in [1.807, 2.05) is 6.92 Å². The highest BCUT2D eigenvalue weighted by molar-refractivity contribution is 4.61. The van der Waals surface area contributed by atoms with Crippen molar-refractivity contribution in [3.63, 3.8) is 0 Å². The van der Waals surface area contributed by atoms with Crippen LogP contribution in [-0.4, -0.2) is 38.9 Å². The van der Waals surface area contributed by atoms with Gasteiger partial charge in [0.25, 0.3) is 6.43 Å². The van der Waals surface area contributed by atoms with E-state index in [9.17, 15) is 8.78 Å². The fraction of sp³-hybridized carbons (Fsp3) is 1.00. The summed E-state index contributed by atoms with van der Waals surface area (Å²) in [4.78, 5) is 0. The lowest BCUT2D eigenvalue weighted by Gasteiger charge is -2.15. The molecule has 1 atom stereocenters. The molecule has 0 spiro atoms. The SMILES string of the molecule is CCOCC(CCOCC(F)F)NN. The average molecular weight is 212 g/mol. The molecule has 0 heterocycles. The third-order valence-corrected chi connectivity index (χ3v) is 1.61. The molecule has 1 unspecified atom stereocenters. The normalized spacial score (nSPS) is 13.5. The summed E-state index contributed by atoms with van der Waals surface area (Å²) in [5, 5.41) is 0. The molecule has 0 bridgehead atoms. The Morgan fingerprint density at radius 3 is 2.50 bits per heavy atom. The van der Waals surface area contributed by atoms with Gasteiger partial charge in [-0.25, -0.2) is 8.78 Å². The van der Waals surface area contributed by atoms with Gasteiger partial charge in [-0.05, 0) is 13.3 Å². The van der Waals surface area contributed by atoms with Gasteiger partial charge in [0, 0.05) is 19.3 Å². The van der Waals surface area contributed by atoms with Crippen molar-refractivity contribution in [1.29, 1.82) is 0 Å². The highest BCUT2D eigenvalue weighted by Crippen LogP contribution is 1.96. The summed E-state index contributed by atoms with van der Waals surface area (Å²) >= 11 is 0. The lowest BCUT2D eigenvalue weighted by Crippen LogP contribution is -2.39. The number of hydrazine groups is 1. The molecule has 0 fully saturated rings. The first-order valence-electron chi connectivity index (χ1n) is 4.60. The molecule has 3 N–H and O–H groups in total. The number of nitrogens with two attached hydrogens (primary N) is 1. The van der Waals surface area contributed by atoms with Crippen LogP contribution < -0.4 is 11.3 Å². The van der Waals surface area contributed by atoms with E-state index in [-0.39, 0.29) is 12.6 Å². The van der Waals surface area contributed by atoms with Gasteiger partial charge in [-0.15, -0.1) is 0 Å².